The Morgan fingerprint density at radius 1 is 1.29 bits per heavy atom. The first-order valence-electron chi connectivity index (χ1n) is 5.82. The zero-order valence-corrected chi connectivity index (χ0v) is 9.58. The number of aromatic nitrogens is 2. The van der Waals surface area contributed by atoms with Gasteiger partial charge >= 0.3 is 0 Å². The molecule has 1 aromatic heterocycles. The van der Waals surface area contributed by atoms with Crippen molar-refractivity contribution in [3.63, 3.8) is 0 Å². The molecule has 0 spiro atoms. The zero-order valence-electron chi connectivity index (χ0n) is 9.58. The van der Waals surface area contributed by atoms with Crippen LogP contribution in [-0.4, -0.2) is 15.2 Å². The van der Waals surface area contributed by atoms with Crippen LogP contribution in [0.5, 0.6) is 0 Å². The van der Waals surface area contributed by atoms with Crippen LogP contribution in [0.3, 0.4) is 0 Å². The van der Waals surface area contributed by atoms with Gasteiger partial charge in [0.05, 0.1) is 0 Å². The first-order chi connectivity index (χ1) is 8.25. The van der Waals surface area contributed by atoms with Crippen LogP contribution in [0.25, 0.3) is 0 Å². The average Bonchev–Trinajstić information content (AvgIpc) is 2.99. The molecule has 4 nitrogen and oxygen atoms in total. The maximum atomic E-state index is 9.34. The highest BCUT2D eigenvalue weighted by Gasteiger charge is 2.43. The molecule has 1 saturated carbocycles. The Morgan fingerprint density at radius 3 is 2.71 bits per heavy atom. The molecule has 0 saturated heterocycles. The monoisotopic (exact) mass is 230 g/mol. The van der Waals surface area contributed by atoms with Crippen LogP contribution in [-0.2, 0) is 0 Å². The van der Waals surface area contributed by atoms with Gasteiger partial charge in [-0.1, -0.05) is 35.5 Å². The molecule has 1 fully saturated rings. The van der Waals surface area contributed by atoms with E-state index in [0.29, 0.717) is 23.6 Å². The Balaban J connectivity index is 1.76. The largest absolute Gasteiger partial charge is 0.385 e. The van der Waals surface area contributed by atoms with Gasteiger partial charge in [-0.3, -0.25) is 0 Å². The molecule has 88 valence electrons. The Bertz CT molecular complexity index is 507. The van der Waals surface area contributed by atoms with Gasteiger partial charge < -0.3 is 9.63 Å². The fourth-order valence-corrected chi connectivity index (χ4v) is 2.10. The van der Waals surface area contributed by atoms with E-state index in [2.05, 4.69) is 22.3 Å². The number of hydrogen-bond donors (Lipinski definition) is 1. The van der Waals surface area contributed by atoms with Crippen LogP contribution in [0.1, 0.15) is 48.6 Å². The van der Waals surface area contributed by atoms with Gasteiger partial charge in [0.2, 0.25) is 5.89 Å². The molecule has 4 heteroatoms. The van der Waals surface area contributed by atoms with Gasteiger partial charge in [0.1, 0.15) is 6.10 Å². The molecule has 0 amide bonds. The van der Waals surface area contributed by atoms with Gasteiger partial charge in [0, 0.05) is 5.92 Å². The molecular formula is C13H14N2O2. The van der Waals surface area contributed by atoms with Crippen molar-refractivity contribution in [2.24, 2.45) is 0 Å². The fraction of sp³-hybridized carbons (Fsp3) is 0.385. The normalized spacial score (nSPS) is 24.6. The molecule has 2 aromatic rings. The maximum Gasteiger partial charge on any atom is 0.230 e. The number of aliphatic hydroxyl groups excluding tert-OH is 1. The lowest BCUT2D eigenvalue weighted by Gasteiger charge is -1.96. The Hall–Kier alpha value is -1.68. The second-order valence-electron chi connectivity index (χ2n) is 4.53. The minimum Gasteiger partial charge on any atom is -0.385 e. The van der Waals surface area contributed by atoms with Gasteiger partial charge in [-0.2, -0.15) is 4.98 Å². The van der Waals surface area contributed by atoms with Gasteiger partial charge in [-0.25, -0.2) is 0 Å². The molecule has 1 N–H and O–H groups in total. The van der Waals surface area contributed by atoms with Crippen LogP contribution in [0.4, 0.5) is 0 Å². The molecule has 1 aliphatic rings. The Kier molecular flexibility index (Phi) is 2.44. The molecule has 0 radical (unpaired) electrons. The predicted molar refractivity (Wildman–Crippen MR) is 61.5 cm³/mol. The third-order valence-electron chi connectivity index (χ3n) is 3.17. The van der Waals surface area contributed by atoms with Crippen molar-refractivity contribution in [1.29, 1.82) is 0 Å². The summed E-state index contributed by atoms with van der Waals surface area (Å²) in [5.74, 6) is 1.82. The SMILES string of the molecule is CC(O)c1noc(C2CC2c2ccccc2)n1. The highest BCUT2D eigenvalue weighted by atomic mass is 16.5. The van der Waals surface area contributed by atoms with E-state index in [1.54, 1.807) is 6.92 Å². The van der Waals surface area contributed by atoms with E-state index in [9.17, 15) is 5.11 Å². The summed E-state index contributed by atoms with van der Waals surface area (Å²) in [5.41, 5.74) is 1.31. The molecule has 17 heavy (non-hydrogen) atoms. The van der Waals surface area contributed by atoms with Gasteiger partial charge in [-0.05, 0) is 24.8 Å². The maximum absolute atomic E-state index is 9.34. The summed E-state index contributed by atoms with van der Waals surface area (Å²) in [6.45, 7) is 1.64. The summed E-state index contributed by atoms with van der Waals surface area (Å²) in [6.07, 6.45) is 0.382. The minimum atomic E-state index is -0.665. The first kappa shape index (κ1) is 10.5. The van der Waals surface area contributed by atoms with Crippen LogP contribution < -0.4 is 0 Å². The lowest BCUT2D eigenvalue weighted by molar-refractivity contribution is 0.184. The van der Waals surface area contributed by atoms with Crippen molar-refractivity contribution in [2.45, 2.75) is 31.3 Å². The van der Waals surface area contributed by atoms with E-state index in [1.165, 1.54) is 5.56 Å². The minimum absolute atomic E-state index is 0.317. The van der Waals surface area contributed by atoms with Crippen LogP contribution in [0, 0.1) is 0 Å². The van der Waals surface area contributed by atoms with E-state index >= 15 is 0 Å². The summed E-state index contributed by atoms with van der Waals surface area (Å²) >= 11 is 0. The van der Waals surface area contributed by atoms with Gasteiger partial charge in [0.25, 0.3) is 0 Å². The summed E-state index contributed by atoms with van der Waals surface area (Å²) < 4.78 is 5.18. The third kappa shape index (κ3) is 1.96. The quantitative estimate of drug-likeness (QED) is 0.879. The summed E-state index contributed by atoms with van der Waals surface area (Å²) in [7, 11) is 0. The highest BCUT2D eigenvalue weighted by molar-refractivity contribution is 5.30. The lowest BCUT2D eigenvalue weighted by atomic mass is 10.1. The summed E-state index contributed by atoms with van der Waals surface area (Å²) in [4.78, 5) is 4.22. The zero-order chi connectivity index (χ0) is 11.8. The first-order valence-corrected chi connectivity index (χ1v) is 5.82. The number of rotatable bonds is 3. The van der Waals surface area contributed by atoms with Crippen molar-refractivity contribution in [3.05, 3.63) is 47.6 Å². The molecule has 0 bridgehead atoms. The second kappa shape index (κ2) is 3.96. The van der Waals surface area contributed by atoms with Crippen molar-refractivity contribution in [2.75, 3.05) is 0 Å². The number of nitrogens with zero attached hydrogens (tertiary/aromatic N) is 2. The van der Waals surface area contributed by atoms with Crippen molar-refractivity contribution < 1.29 is 9.63 Å². The highest BCUT2D eigenvalue weighted by Crippen LogP contribution is 2.53. The molecule has 1 heterocycles. The van der Waals surface area contributed by atoms with Gasteiger partial charge in [0.15, 0.2) is 5.82 Å². The number of aliphatic hydroxyl groups is 1. The van der Waals surface area contributed by atoms with Gasteiger partial charge in [-0.15, -0.1) is 0 Å². The van der Waals surface area contributed by atoms with E-state index in [-0.39, 0.29) is 0 Å². The van der Waals surface area contributed by atoms with E-state index in [4.69, 9.17) is 4.52 Å². The second-order valence-corrected chi connectivity index (χ2v) is 4.53. The smallest absolute Gasteiger partial charge is 0.230 e. The topological polar surface area (TPSA) is 59.2 Å². The summed E-state index contributed by atoms with van der Waals surface area (Å²) in [5, 5.41) is 13.1. The Labute approximate surface area is 99.3 Å². The predicted octanol–water partition coefficient (Wildman–Crippen LogP) is 2.39. The molecule has 3 unspecified atom stereocenters. The summed E-state index contributed by atoms with van der Waals surface area (Å²) in [6, 6.07) is 10.3. The molecule has 1 aliphatic carbocycles. The number of benzene rings is 1. The van der Waals surface area contributed by atoms with E-state index in [0.717, 1.165) is 6.42 Å². The van der Waals surface area contributed by atoms with Crippen LogP contribution in [0.2, 0.25) is 0 Å². The average molecular weight is 230 g/mol. The molecular weight excluding hydrogens is 216 g/mol. The fourth-order valence-electron chi connectivity index (χ4n) is 2.10. The molecule has 3 atom stereocenters. The Morgan fingerprint density at radius 2 is 2.06 bits per heavy atom. The standard InChI is InChI=1S/C13H14N2O2/c1-8(16)12-14-13(17-15-12)11-7-10(11)9-5-3-2-4-6-9/h2-6,8,10-11,16H,7H2,1H3. The van der Waals surface area contributed by atoms with E-state index < -0.39 is 6.10 Å². The van der Waals surface area contributed by atoms with Crippen LogP contribution in [0.15, 0.2) is 34.9 Å². The van der Waals surface area contributed by atoms with E-state index in [1.807, 2.05) is 18.2 Å². The third-order valence-corrected chi connectivity index (χ3v) is 3.17. The van der Waals surface area contributed by atoms with Crippen molar-refractivity contribution in [1.82, 2.24) is 10.1 Å². The lowest BCUT2D eigenvalue weighted by Crippen LogP contribution is -1.93. The molecule has 0 aliphatic heterocycles. The van der Waals surface area contributed by atoms with Crippen molar-refractivity contribution in [3.8, 4) is 0 Å². The molecule has 3 rings (SSSR count). The van der Waals surface area contributed by atoms with Crippen LogP contribution >= 0.6 is 0 Å². The molecule has 1 aromatic carbocycles. The number of hydrogen-bond acceptors (Lipinski definition) is 4. The van der Waals surface area contributed by atoms with Crippen molar-refractivity contribution >= 4 is 0 Å².